The van der Waals surface area contributed by atoms with Crippen LogP contribution in [0.3, 0.4) is 0 Å². The number of fused-ring (bicyclic) bond motifs is 1. The first-order valence-electron chi connectivity index (χ1n) is 7.99. The van der Waals surface area contributed by atoms with Gasteiger partial charge in [-0.3, -0.25) is 4.18 Å². The van der Waals surface area contributed by atoms with Gasteiger partial charge >= 0.3 is 0 Å². The van der Waals surface area contributed by atoms with E-state index in [4.69, 9.17) is 4.18 Å². The Labute approximate surface area is 147 Å². The smallest absolute Gasteiger partial charge is 0.297 e. The molecule has 0 unspecified atom stereocenters. The van der Waals surface area contributed by atoms with Crippen molar-refractivity contribution in [3.05, 3.63) is 78.4 Å². The Morgan fingerprint density at radius 3 is 2.24 bits per heavy atom. The van der Waals surface area contributed by atoms with Crippen LogP contribution in [-0.4, -0.2) is 26.7 Å². The topological polar surface area (TPSA) is 63.6 Å². The summed E-state index contributed by atoms with van der Waals surface area (Å²) in [5, 5.41) is 11.6. The molecule has 3 rings (SSSR count). The number of hydrogen-bond donors (Lipinski definition) is 1. The minimum Gasteiger partial charge on any atom is -0.395 e. The Bertz CT molecular complexity index is 967. The predicted molar refractivity (Wildman–Crippen MR) is 98.0 cm³/mol. The highest BCUT2D eigenvalue weighted by molar-refractivity contribution is 7.86. The van der Waals surface area contributed by atoms with Crippen LogP contribution in [-0.2, 0) is 19.7 Å². The third-order valence-corrected chi connectivity index (χ3v) is 5.62. The van der Waals surface area contributed by atoms with Crippen LogP contribution >= 0.6 is 0 Å². The molecule has 4 nitrogen and oxygen atoms in total. The molecule has 0 heterocycles. The Morgan fingerprint density at radius 1 is 0.920 bits per heavy atom. The first kappa shape index (κ1) is 17.6. The van der Waals surface area contributed by atoms with Gasteiger partial charge in [0.05, 0.1) is 18.1 Å². The van der Waals surface area contributed by atoms with E-state index in [9.17, 15) is 13.5 Å². The number of benzene rings is 3. The lowest BCUT2D eigenvalue weighted by Gasteiger charge is -2.27. The average molecular weight is 356 g/mol. The van der Waals surface area contributed by atoms with Gasteiger partial charge in [-0.2, -0.15) is 8.42 Å². The molecule has 5 heteroatoms. The first-order valence-corrected chi connectivity index (χ1v) is 9.40. The van der Waals surface area contributed by atoms with Gasteiger partial charge in [-0.25, -0.2) is 0 Å². The van der Waals surface area contributed by atoms with Crippen molar-refractivity contribution in [1.82, 2.24) is 0 Å². The predicted octanol–water partition coefficient (Wildman–Crippen LogP) is 3.50. The summed E-state index contributed by atoms with van der Waals surface area (Å²) in [6, 6.07) is 21.7. The molecular weight excluding hydrogens is 336 g/mol. The third kappa shape index (κ3) is 3.74. The van der Waals surface area contributed by atoms with Gasteiger partial charge in [-0.1, -0.05) is 67.6 Å². The van der Waals surface area contributed by atoms with Crippen LogP contribution in [0.4, 0.5) is 0 Å². The van der Waals surface area contributed by atoms with Crippen molar-refractivity contribution in [2.75, 3.05) is 13.2 Å². The minimum atomic E-state index is -3.91. The van der Waals surface area contributed by atoms with Crippen LogP contribution in [0, 0.1) is 0 Å². The van der Waals surface area contributed by atoms with Gasteiger partial charge in [-0.15, -0.1) is 0 Å². The normalized spacial score (nSPS) is 14.3. The number of hydrogen-bond acceptors (Lipinski definition) is 4. The van der Waals surface area contributed by atoms with E-state index in [0.717, 1.165) is 16.3 Å². The molecule has 25 heavy (non-hydrogen) atoms. The van der Waals surface area contributed by atoms with E-state index in [1.807, 2.05) is 54.6 Å². The molecule has 130 valence electrons. The van der Waals surface area contributed by atoms with Crippen molar-refractivity contribution >= 4 is 20.9 Å². The summed E-state index contributed by atoms with van der Waals surface area (Å²) < 4.78 is 30.4. The Balaban J connectivity index is 1.85. The fraction of sp³-hybridized carbons (Fsp3) is 0.200. The van der Waals surface area contributed by atoms with Gasteiger partial charge in [-0.05, 0) is 28.5 Å². The summed E-state index contributed by atoms with van der Waals surface area (Å²) >= 11 is 0. The summed E-state index contributed by atoms with van der Waals surface area (Å²) in [5.74, 6) is 0. The molecular formula is C20H20O4S. The van der Waals surface area contributed by atoms with Crippen molar-refractivity contribution in [3.63, 3.8) is 0 Å². The van der Waals surface area contributed by atoms with E-state index in [0.29, 0.717) is 0 Å². The zero-order valence-corrected chi connectivity index (χ0v) is 14.7. The highest BCUT2D eigenvalue weighted by Gasteiger charge is 2.29. The Kier molecular flexibility index (Phi) is 4.90. The summed E-state index contributed by atoms with van der Waals surface area (Å²) in [6.45, 7) is 1.42. The molecule has 0 amide bonds. The molecule has 3 aromatic carbocycles. The Hall–Kier alpha value is -2.21. The fourth-order valence-electron chi connectivity index (χ4n) is 2.66. The number of rotatable bonds is 6. The molecule has 1 atom stereocenters. The quantitative estimate of drug-likeness (QED) is 0.687. The zero-order chi connectivity index (χ0) is 17.9. The number of aliphatic hydroxyl groups is 1. The van der Waals surface area contributed by atoms with Crippen LogP contribution in [0.25, 0.3) is 10.8 Å². The lowest BCUT2D eigenvalue weighted by atomic mass is 9.84. The van der Waals surface area contributed by atoms with Crippen molar-refractivity contribution < 1.29 is 17.7 Å². The van der Waals surface area contributed by atoms with Crippen molar-refractivity contribution in [2.45, 2.75) is 17.2 Å². The average Bonchev–Trinajstić information content (AvgIpc) is 2.66. The van der Waals surface area contributed by atoms with Crippen molar-refractivity contribution in [3.8, 4) is 0 Å². The van der Waals surface area contributed by atoms with E-state index in [2.05, 4.69) is 0 Å². The minimum absolute atomic E-state index is 0.111. The molecule has 3 aromatic rings. The zero-order valence-electron chi connectivity index (χ0n) is 13.9. The highest BCUT2D eigenvalue weighted by atomic mass is 32.2. The summed E-state index contributed by atoms with van der Waals surface area (Å²) in [6.07, 6.45) is 0. The van der Waals surface area contributed by atoms with Gasteiger partial charge in [0.25, 0.3) is 10.1 Å². The van der Waals surface area contributed by atoms with Crippen molar-refractivity contribution in [1.29, 1.82) is 0 Å². The maximum Gasteiger partial charge on any atom is 0.297 e. The van der Waals surface area contributed by atoms with Crippen LogP contribution in [0.2, 0.25) is 0 Å². The molecule has 0 aliphatic rings. The summed E-state index contributed by atoms with van der Waals surface area (Å²) in [5.41, 5.74) is 0.0248. The third-order valence-electron chi connectivity index (χ3n) is 4.36. The second-order valence-electron chi connectivity index (χ2n) is 6.31. The van der Waals surface area contributed by atoms with Gasteiger partial charge in [0.2, 0.25) is 0 Å². The molecule has 0 radical (unpaired) electrons. The van der Waals surface area contributed by atoms with E-state index < -0.39 is 15.5 Å². The van der Waals surface area contributed by atoms with Gasteiger partial charge in [0.1, 0.15) is 0 Å². The molecule has 0 bridgehead atoms. The molecule has 0 aliphatic heterocycles. The van der Waals surface area contributed by atoms with Crippen LogP contribution in [0.1, 0.15) is 12.5 Å². The van der Waals surface area contributed by atoms with E-state index in [1.54, 1.807) is 19.1 Å². The summed E-state index contributed by atoms with van der Waals surface area (Å²) in [4.78, 5) is 0.111. The summed E-state index contributed by atoms with van der Waals surface area (Å²) in [7, 11) is -3.91. The van der Waals surface area contributed by atoms with Crippen LogP contribution in [0.5, 0.6) is 0 Å². The molecule has 0 aromatic heterocycles. The van der Waals surface area contributed by atoms with E-state index in [1.165, 1.54) is 6.07 Å². The van der Waals surface area contributed by atoms with Gasteiger partial charge < -0.3 is 5.11 Å². The number of aliphatic hydroxyl groups excluding tert-OH is 1. The van der Waals surface area contributed by atoms with Gasteiger partial charge in [0, 0.05) is 5.41 Å². The van der Waals surface area contributed by atoms with Gasteiger partial charge in [0.15, 0.2) is 0 Å². The Morgan fingerprint density at radius 2 is 1.56 bits per heavy atom. The lowest BCUT2D eigenvalue weighted by Crippen LogP contribution is -2.33. The molecule has 0 spiro atoms. The van der Waals surface area contributed by atoms with Crippen LogP contribution < -0.4 is 0 Å². The maximum absolute atomic E-state index is 12.6. The maximum atomic E-state index is 12.6. The molecule has 0 saturated heterocycles. The second kappa shape index (κ2) is 6.96. The molecule has 0 aliphatic carbocycles. The lowest BCUT2D eigenvalue weighted by molar-refractivity contribution is 0.145. The van der Waals surface area contributed by atoms with E-state index in [-0.39, 0.29) is 18.1 Å². The first-order chi connectivity index (χ1) is 11.9. The molecule has 1 N–H and O–H groups in total. The fourth-order valence-corrected chi connectivity index (χ4v) is 3.72. The monoisotopic (exact) mass is 356 g/mol. The van der Waals surface area contributed by atoms with Crippen LogP contribution in [0.15, 0.2) is 77.7 Å². The molecule has 0 fully saturated rings. The highest BCUT2D eigenvalue weighted by Crippen LogP contribution is 2.26. The van der Waals surface area contributed by atoms with Crippen molar-refractivity contribution in [2.24, 2.45) is 0 Å². The SMILES string of the molecule is C[C@@](CO)(COS(=O)(=O)c1ccc2ccccc2c1)c1ccccc1. The van der Waals surface area contributed by atoms with E-state index >= 15 is 0 Å². The molecule has 0 saturated carbocycles. The largest absolute Gasteiger partial charge is 0.395 e. The second-order valence-corrected chi connectivity index (χ2v) is 7.93. The standard InChI is InChI=1S/C20H20O4S/c1-20(14-21,18-9-3-2-4-10-18)15-24-25(22,23)19-12-11-16-7-5-6-8-17(16)13-19/h2-13,21H,14-15H2,1H3/t20-/m1/s1.